The molecule has 1 saturated heterocycles. The smallest absolute Gasteiger partial charge is 0.308 e. The molecule has 3 aromatic carbocycles. The molecule has 4 aliphatic rings. The third-order valence-electron chi connectivity index (χ3n) is 11.1. The molecule has 0 radical (unpaired) electrons. The van der Waals surface area contributed by atoms with Crippen molar-refractivity contribution in [1.29, 1.82) is 0 Å². The number of carbonyl (C=O) groups is 3. The highest BCUT2D eigenvalue weighted by molar-refractivity contribution is 5.92. The second-order valence-electron chi connectivity index (χ2n) is 14.5. The van der Waals surface area contributed by atoms with E-state index in [0.29, 0.717) is 43.7 Å². The van der Waals surface area contributed by atoms with Crippen LogP contribution in [0.3, 0.4) is 0 Å². The summed E-state index contributed by atoms with van der Waals surface area (Å²) in [4.78, 5) is 44.2. The fourth-order valence-corrected chi connectivity index (χ4v) is 9.38. The zero-order chi connectivity index (χ0) is 34.3. The van der Waals surface area contributed by atoms with Gasteiger partial charge in [0.25, 0.3) is 0 Å². The van der Waals surface area contributed by atoms with Crippen molar-refractivity contribution in [2.24, 2.45) is 5.92 Å². The van der Waals surface area contributed by atoms with Crippen LogP contribution in [0.5, 0.6) is 11.5 Å². The highest BCUT2D eigenvalue weighted by Gasteiger charge is 2.75. The fourth-order valence-electron chi connectivity index (χ4n) is 9.38. The molecule has 0 N–H and O–H groups in total. The van der Waals surface area contributed by atoms with Crippen molar-refractivity contribution in [2.75, 3.05) is 19.6 Å². The van der Waals surface area contributed by atoms with E-state index in [1.807, 2.05) is 53.4 Å². The third-order valence-corrected chi connectivity index (χ3v) is 11.1. The molecule has 0 aromatic heterocycles. The maximum absolute atomic E-state index is 14.2. The van der Waals surface area contributed by atoms with E-state index in [-0.39, 0.29) is 29.9 Å². The summed E-state index contributed by atoms with van der Waals surface area (Å²) in [7, 11) is 0. The summed E-state index contributed by atoms with van der Waals surface area (Å²) in [6.45, 7) is 9.30. The van der Waals surface area contributed by atoms with E-state index in [4.69, 9.17) is 14.2 Å². The summed E-state index contributed by atoms with van der Waals surface area (Å²) in [6.07, 6.45) is 6.47. The number of nitrogens with zero attached hydrogens (tertiary/aromatic N) is 2. The molecule has 1 saturated carbocycles. The van der Waals surface area contributed by atoms with Gasteiger partial charge in [-0.15, -0.1) is 0 Å². The summed E-state index contributed by atoms with van der Waals surface area (Å²) < 4.78 is 19.5. The van der Waals surface area contributed by atoms with Gasteiger partial charge in [0, 0.05) is 38.6 Å². The first-order chi connectivity index (χ1) is 23.6. The van der Waals surface area contributed by atoms with Gasteiger partial charge < -0.3 is 19.1 Å². The van der Waals surface area contributed by atoms with Crippen molar-refractivity contribution in [1.82, 2.24) is 9.80 Å². The molecule has 2 bridgehead atoms. The number of hydrogen-bond acceptors (Lipinski definition) is 7. The van der Waals surface area contributed by atoms with Gasteiger partial charge in [-0.1, -0.05) is 80.6 Å². The van der Waals surface area contributed by atoms with Gasteiger partial charge in [0.1, 0.15) is 11.7 Å². The minimum atomic E-state index is -0.880. The molecule has 2 unspecified atom stereocenters. The maximum Gasteiger partial charge on any atom is 0.308 e. The van der Waals surface area contributed by atoms with Crippen LogP contribution in [0.25, 0.3) is 6.08 Å². The van der Waals surface area contributed by atoms with Crippen LogP contribution in [0.15, 0.2) is 78.9 Å². The van der Waals surface area contributed by atoms with Crippen LogP contribution in [0.1, 0.15) is 69.2 Å². The minimum Gasteiger partial charge on any atom is -0.483 e. The third kappa shape index (κ3) is 5.74. The van der Waals surface area contributed by atoms with Crippen LogP contribution in [-0.4, -0.2) is 71.1 Å². The Morgan fingerprint density at radius 1 is 0.980 bits per heavy atom. The first-order valence-corrected chi connectivity index (χ1v) is 17.7. The van der Waals surface area contributed by atoms with Crippen LogP contribution in [-0.2, 0) is 37.4 Å². The molecule has 3 aromatic rings. The normalized spacial score (nSPS) is 26.6. The number of hydrogen-bond donors (Lipinski definition) is 0. The number of esters is 2. The first kappa shape index (κ1) is 33.1. The Labute approximate surface area is 289 Å². The number of amides is 1. The quantitative estimate of drug-likeness (QED) is 0.146. The Hall–Kier alpha value is -4.43. The van der Waals surface area contributed by atoms with Gasteiger partial charge in [0.05, 0.1) is 17.5 Å². The highest BCUT2D eigenvalue weighted by Crippen LogP contribution is 2.67. The Morgan fingerprint density at radius 3 is 2.41 bits per heavy atom. The number of likely N-dealkylation sites (tertiary alicyclic amines) is 1. The van der Waals surface area contributed by atoms with Crippen LogP contribution in [0.4, 0.5) is 0 Å². The van der Waals surface area contributed by atoms with Crippen molar-refractivity contribution in [2.45, 2.75) is 89.0 Å². The molecule has 2 fully saturated rings. The lowest BCUT2D eigenvalue weighted by molar-refractivity contribution is -0.224. The highest BCUT2D eigenvalue weighted by atomic mass is 16.6. The summed E-state index contributed by atoms with van der Waals surface area (Å²) >= 11 is 0. The molecule has 8 heteroatoms. The molecular formula is C41H46N2O6. The predicted octanol–water partition coefficient (Wildman–Crippen LogP) is 6.15. The molecule has 5 atom stereocenters. The average Bonchev–Trinajstić information content (AvgIpc) is 3.43. The molecule has 2 heterocycles. The molecule has 1 amide bonds. The topological polar surface area (TPSA) is 85.4 Å². The number of benzene rings is 3. The fraction of sp³-hybridized carbons (Fsp3) is 0.439. The van der Waals surface area contributed by atoms with Gasteiger partial charge >= 0.3 is 11.9 Å². The number of carbonyl (C=O) groups excluding carboxylic acids is 3. The van der Waals surface area contributed by atoms with Crippen molar-refractivity contribution in [3.05, 3.63) is 101 Å². The molecule has 8 nitrogen and oxygen atoms in total. The van der Waals surface area contributed by atoms with Crippen LogP contribution in [0, 0.1) is 5.92 Å². The molecule has 49 heavy (non-hydrogen) atoms. The standard InChI is InChI=1S/C41H46N2O6/c1-27(2)26-43(36(46)18-15-30-11-7-5-8-12-30)33-19-21-41(49-29(4)45)35-25-32-16-17-34(47-28(3)44)38-37(32)40(41,39(33)48-38)22-24-42(35)23-20-31-13-9-6-10-14-31/h5-18,27,33,35,39H,19-26H2,1-4H3/t33?,35-,39?,40+,41-/m1/s1. The van der Waals surface area contributed by atoms with E-state index in [1.165, 1.54) is 19.4 Å². The lowest BCUT2D eigenvalue weighted by Crippen LogP contribution is -2.79. The van der Waals surface area contributed by atoms with Crippen LogP contribution >= 0.6 is 0 Å². The van der Waals surface area contributed by atoms with E-state index in [1.54, 1.807) is 6.08 Å². The zero-order valence-electron chi connectivity index (χ0n) is 28.9. The van der Waals surface area contributed by atoms with E-state index in [0.717, 1.165) is 36.2 Å². The number of rotatable bonds is 10. The molecule has 256 valence electrons. The maximum atomic E-state index is 14.2. The van der Waals surface area contributed by atoms with E-state index in [2.05, 4.69) is 49.1 Å². The first-order valence-electron chi connectivity index (χ1n) is 17.7. The Kier molecular flexibility index (Phi) is 8.86. The van der Waals surface area contributed by atoms with Crippen molar-refractivity contribution in [3.63, 3.8) is 0 Å². The lowest BCUT2D eigenvalue weighted by Gasteiger charge is -2.65. The Balaban J connectivity index is 1.34. The van der Waals surface area contributed by atoms with Gasteiger partial charge in [-0.2, -0.15) is 0 Å². The minimum absolute atomic E-state index is 0.0772. The second-order valence-corrected chi connectivity index (χ2v) is 14.5. The van der Waals surface area contributed by atoms with E-state index in [9.17, 15) is 14.4 Å². The number of ether oxygens (including phenoxy) is 3. The molecule has 7 rings (SSSR count). The van der Waals surface area contributed by atoms with Gasteiger partial charge in [-0.3, -0.25) is 19.3 Å². The van der Waals surface area contributed by atoms with E-state index >= 15 is 0 Å². The van der Waals surface area contributed by atoms with Crippen LogP contribution < -0.4 is 9.47 Å². The average molecular weight is 663 g/mol. The Morgan fingerprint density at radius 2 is 1.71 bits per heavy atom. The molecule has 2 aliphatic carbocycles. The van der Waals surface area contributed by atoms with Gasteiger partial charge in [0.15, 0.2) is 11.5 Å². The second kappa shape index (κ2) is 13.1. The summed E-state index contributed by atoms with van der Waals surface area (Å²) in [5.41, 5.74) is 2.72. The molecule has 2 aliphatic heterocycles. The van der Waals surface area contributed by atoms with Gasteiger partial charge in [-0.25, -0.2) is 0 Å². The number of piperidine rings is 1. The van der Waals surface area contributed by atoms with Gasteiger partial charge in [0.2, 0.25) is 5.91 Å². The lowest BCUT2D eigenvalue weighted by atomic mass is 9.48. The largest absolute Gasteiger partial charge is 0.483 e. The van der Waals surface area contributed by atoms with Gasteiger partial charge in [-0.05, 0) is 73.4 Å². The summed E-state index contributed by atoms with van der Waals surface area (Å²) in [6, 6.07) is 23.8. The predicted molar refractivity (Wildman–Crippen MR) is 187 cm³/mol. The Bertz CT molecular complexity index is 1760. The van der Waals surface area contributed by atoms with Crippen molar-refractivity contribution >= 4 is 23.9 Å². The SMILES string of the molecule is CC(=O)Oc1ccc2c3c1OC1C(N(CC(C)C)C(=O)C=Cc4ccccc4)CC[C@@]4(OC(C)=O)[C@@H](C2)N(CCc2ccccc2)CC[C@]314. The zero-order valence-corrected chi connectivity index (χ0v) is 28.9. The van der Waals surface area contributed by atoms with Crippen molar-refractivity contribution in [3.8, 4) is 11.5 Å². The monoisotopic (exact) mass is 662 g/mol. The van der Waals surface area contributed by atoms with Crippen LogP contribution in [0.2, 0.25) is 0 Å². The van der Waals surface area contributed by atoms with Crippen molar-refractivity contribution < 1.29 is 28.6 Å². The summed E-state index contributed by atoms with van der Waals surface area (Å²) in [5.74, 6) is 0.311. The molecule has 1 spiro atoms. The van der Waals surface area contributed by atoms with E-state index < -0.39 is 23.1 Å². The molecular weight excluding hydrogens is 616 g/mol. The summed E-state index contributed by atoms with van der Waals surface area (Å²) in [5, 5.41) is 0.